The summed E-state index contributed by atoms with van der Waals surface area (Å²) in [5.74, 6) is -0.250. The van der Waals surface area contributed by atoms with E-state index in [1.165, 1.54) is 6.07 Å². The Morgan fingerprint density at radius 2 is 2.06 bits per heavy atom. The zero-order valence-corrected chi connectivity index (χ0v) is 10.00. The van der Waals surface area contributed by atoms with Crippen LogP contribution in [-0.4, -0.2) is 4.98 Å². The van der Waals surface area contributed by atoms with Gasteiger partial charge in [0.05, 0.1) is 5.69 Å². The van der Waals surface area contributed by atoms with Crippen LogP contribution in [0.1, 0.15) is 18.1 Å². The fourth-order valence-corrected chi connectivity index (χ4v) is 1.80. The van der Waals surface area contributed by atoms with Gasteiger partial charge in [-0.05, 0) is 37.1 Å². The highest BCUT2D eigenvalue weighted by atomic mass is 19.1. The van der Waals surface area contributed by atoms with Crippen molar-refractivity contribution in [1.29, 1.82) is 0 Å². The number of hydrogen-bond donors (Lipinski definition) is 0. The number of halogens is 1. The standard InChI is InChI=1S/C15H14FN/c1-10(2)13-7-6-12(9-14(13)16)15-11(3)5-4-8-17-15/h4-9H,1H2,2-3H3. The van der Waals surface area contributed by atoms with E-state index in [9.17, 15) is 4.39 Å². The lowest BCUT2D eigenvalue weighted by atomic mass is 10.0. The summed E-state index contributed by atoms with van der Waals surface area (Å²) in [5, 5.41) is 0. The van der Waals surface area contributed by atoms with Crippen molar-refractivity contribution in [1.82, 2.24) is 4.98 Å². The van der Waals surface area contributed by atoms with Crippen molar-refractivity contribution in [2.45, 2.75) is 13.8 Å². The molecule has 2 rings (SSSR count). The molecular formula is C15H14FN. The van der Waals surface area contributed by atoms with E-state index < -0.39 is 0 Å². The molecule has 17 heavy (non-hydrogen) atoms. The van der Waals surface area contributed by atoms with Crippen molar-refractivity contribution in [3.63, 3.8) is 0 Å². The van der Waals surface area contributed by atoms with Gasteiger partial charge in [-0.1, -0.05) is 24.8 Å². The molecule has 0 unspecified atom stereocenters. The highest BCUT2D eigenvalue weighted by molar-refractivity contribution is 5.68. The molecule has 0 radical (unpaired) electrons. The maximum absolute atomic E-state index is 13.8. The summed E-state index contributed by atoms with van der Waals surface area (Å²) in [6, 6.07) is 8.98. The molecule has 1 aromatic carbocycles. The van der Waals surface area contributed by atoms with Crippen molar-refractivity contribution < 1.29 is 4.39 Å². The molecule has 86 valence electrons. The Morgan fingerprint density at radius 1 is 1.29 bits per heavy atom. The Labute approximate surface area is 101 Å². The monoisotopic (exact) mass is 227 g/mol. The third-order valence-corrected chi connectivity index (χ3v) is 2.71. The van der Waals surface area contributed by atoms with Crippen LogP contribution < -0.4 is 0 Å². The minimum absolute atomic E-state index is 0.250. The van der Waals surface area contributed by atoms with Gasteiger partial charge in [0.2, 0.25) is 0 Å². The summed E-state index contributed by atoms with van der Waals surface area (Å²) in [6.07, 6.45) is 1.72. The number of benzene rings is 1. The van der Waals surface area contributed by atoms with E-state index >= 15 is 0 Å². The van der Waals surface area contributed by atoms with Gasteiger partial charge in [0.1, 0.15) is 5.82 Å². The fourth-order valence-electron chi connectivity index (χ4n) is 1.80. The van der Waals surface area contributed by atoms with E-state index in [1.54, 1.807) is 19.2 Å². The van der Waals surface area contributed by atoms with Crippen LogP contribution in [0.15, 0.2) is 43.1 Å². The highest BCUT2D eigenvalue weighted by Crippen LogP contribution is 2.25. The van der Waals surface area contributed by atoms with E-state index in [4.69, 9.17) is 0 Å². The van der Waals surface area contributed by atoms with Crippen LogP contribution in [0.3, 0.4) is 0 Å². The largest absolute Gasteiger partial charge is 0.256 e. The normalized spacial score (nSPS) is 10.3. The van der Waals surface area contributed by atoms with Crippen molar-refractivity contribution in [2.75, 3.05) is 0 Å². The first-order valence-corrected chi connectivity index (χ1v) is 5.47. The first-order valence-electron chi connectivity index (χ1n) is 5.47. The van der Waals surface area contributed by atoms with Gasteiger partial charge in [-0.3, -0.25) is 4.98 Å². The molecule has 0 saturated carbocycles. The molecule has 2 heteroatoms. The number of aryl methyl sites for hydroxylation is 1. The number of pyridine rings is 1. The summed E-state index contributed by atoms with van der Waals surface area (Å²) in [6.45, 7) is 7.51. The van der Waals surface area contributed by atoms with Crippen LogP contribution in [0.2, 0.25) is 0 Å². The van der Waals surface area contributed by atoms with E-state index in [2.05, 4.69) is 11.6 Å². The van der Waals surface area contributed by atoms with Crippen molar-refractivity contribution >= 4 is 5.57 Å². The molecule has 1 heterocycles. The Hall–Kier alpha value is -1.96. The Morgan fingerprint density at radius 3 is 2.65 bits per heavy atom. The maximum Gasteiger partial charge on any atom is 0.131 e. The van der Waals surface area contributed by atoms with Gasteiger partial charge in [-0.25, -0.2) is 4.39 Å². The first-order chi connectivity index (χ1) is 8.09. The van der Waals surface area contributed by atoms with Crippen LogP contribution in [0.5, 0.6) is 0 Å². The number of hydrogen-bond acceptors (Lipinski definition) is 1. The van der Waals surface area contributed by atoms with Gasteiger partial charge in [-0.15, -0.1) is 0 Å². The second-order valence-electron chi connectivity index (χ2n) is 4.14. The van der Waals surface area contributed by atoms with Crippen LogP contribution in [0, 0.1) is 12.7 Å². The first kappa shape index (κ1) is 11.5. The average molecular weight is 227 g/mol. The molecule has 0 spiro atoms. The number of allylic oxidation sites excluding steroid dienone is 1. The van der Waals surface area contributed by atoms with Gasteiger partial charge in [0, 0.05) is 17.3 Å². The zero-order valence-electron chi connectivity index (χ0n) is 10.00. The fraction of sp³-hybridized carbons (Fsp3) is 0.133. The average Bonchev–Trinajstić information content (AvgIpc) is 2.29. The summed E-state index contributed by atoms with van der Waals surface area (Å²) in [5.41, 5.74) is 3.94. The Balaban J connectivity index is 2.52. The predicted octanol–water partition coefficient (Wildman–Crippen LogP) is 4.23. The molecule has 0 aliphatic heterocycles. The summed E-state index contributed by atoms with van der Waals surface area (Å²) >= 11 is 0. The van der Waals surface area contributed by atoms with E-state index in [1.807, 2.05) is 25.1 Å². The van der Waals surface area contributed by atoms with Gasteiger partial charge in [0.25, 0.3) is 0 Å². The van der Waals surface area contributed by atoms with Gasteiger partial charge in [-0.2, -0.15) is 0 Å². The quantitative estimate of drug-likeness (QED) is 0.748. The SMILES string of the molecule is C=C(C)c1ccc(-c2ncccc2C)cc1F. The number of nitrogens with zero attached hydrogens (tertiary/aromatic N) is 1. The van der Waals surface area contributed by atoms with E-state index in [0.717, 1.165) is 22.4 Å². The smallest absolute Gasteiger partial charge is 0.131 e. The Kier molecular flexibility index (Phi) is 3.05. The molecule has 0 amide bonds. The Bertz CT molecular complexity index is 573. The van der Waals surface area contributed by atoms with Gasteiger partial charge < -0.3 is 0 Å². The van der Waals surface area contributed by atoms with Gasteiger partial charge >= 0.3 is 0 Å². The summed E-state index contributed by atoms with van der Waals surface area (Å²) < 4.78 is 13.8. The molecule has 0 bridgehead atoms. The van der Waals surface area contributed by atoms with Crippen LogP contribution >= 0.6 is 0 Å². The minimum Gasteiger partial charge on any atom is -0.256 e. The molecule has 1 aromatic heterocycles. The zero-order chi connectivity index (χ0) is 12.4. The molecule has 0 aliphatic carbocycles. The third-order valence-electron chi connectivity index (χ3n) is 2.71. The minimum atomic E-state index is -0.250. The molecular weight excluding hydrogens is 213 g/mol. The topological polar surface area (TPSA) is 12.9 Å². The summed E-state index contributed by atoms with van der Waals surface area (Å²) in [4.78, 5) is 4.28. The van der Waals surface area contributed by atoms with Gasteiger partial charge in [0.15, 0.2) is 0 Å². The number of aromatic nitrogens is 1. The second-order valence-corrected chi connectivity index (χ2v) is 4.14. The molecule has 2 aromatic rings. The summed E-state index contributed by atoms with van der Waals surface area (Å²) in [7, 11) is 0. The molecule has 0 aliphatic rings. The van der Waals surface area contributed by atoms with Crippen LogP contribution in [-0.2, 0) is 0 Å². The van der Waals surface area contributed by atoms with Crippen molar-refractivity contribution in [3.05, 3.63) is 60.1 Å². The lowest BCUT2D eigenvalue weighted by Crippen LogP contribution is -1.91. The lowest BCUT2D eigenvalue weighted by molar-refractivity contribution is 0.624. The van der Waals surface area contributed by atoms with Crippen molar-refractivity contribution in [2.24, 2.45) is 0 Å². The highest BCUT2D eigenvalue weighted by Gasteiger charge is 2.07. The molecule has 1 nitrogen and oxygen atoms in total. The van der Waals surface area contributed by atoms with Crippen LogP contribution in [0.25, 0.3) is 16.8 Å². The second kappa shape index (κ2) is 4.50. The molecule has 0 saturated heterocycles. The lowest BCUT2D eigenvalue weighted by Gasteiger charge is -2.07. The van der Waals surface area contributed by atoms with Crippen molar-refractivity contribution in [3.8, 4) is 11.3 Å². The van der Waals surface area contributed by atoms with Crippen LogP contribution in [0.4, 0.5) is 4.39 Å². The molecule has 0 N–H and O–H groups in total. The van der Waals surface area contributed by atoms with E-state index in [0.29, 0.717) is 5.56 Å². The maximum atomic E-state index is 13.8. The third kappa shape index (κ3) is 2.26. The van der Waals surface area contributed by atoms with E-state index in [-0.39, 0.29) is 5.82 Å². The molecule has 0 atom stereocenters. The molecule has 0 fully saturated rings. The number of rotatable bonds is 2. The predicted molar refractivity (Wildman–Crippen MR) is 69.1 cm³/mol.